The maximum absolute atomic E-state index is 10.4. The first-order valence-electron chi connectivity index (χ1n) is 6.67. The fraction of sp³-hybridized carbons (Fsp3) is 0.923. The van der Waals surface area contributed by atoms with Crippen molar-refractivity contribution in [1.29, 1.82) is 0 Å². The molecule has 3 N–H and O–H groups in total. The van der Waals surface area contributed by atoms with Crippen LogP contribution in [-0.4, -0.2) is 25.4 Å². The molecule has 0 amide bonds. The minimum Gasteiger partial charge on any atom is -0.330 e. The van der Waals surface area contributed by atoms with Crippen molar-refractivity contribution in [3.8, 4) is 0 Å². The third-order valence-corrected chi connectivity index (χ3v) is 1.18. The Labute approximate surface area is 103 Å². The molecular formula is C13H34N2O. The largest absolute Gasteiger partial charge is 0.330 e. The van der Waals surface area contributed by atoms with Crippen LogP contribution < -0.4 is 11.1 Å². The molecule has 0 unspecified atom stereocenters. The highest BCUT2D eigenvalue weighted by Crippen LogP contribution is 1.81. The van der Waals surface area contributed by atoms with Crippen LogP contribution in [0.5, 0.6) is 0 Å². The maximum Gasteiger partial charge on any atom is 0.143 e. The van der Waals surface area contributed by atoms with Gasteiger partial charge < -0.3 is 11.1 Å². The lowest BCUT2D eigenvalue weighted by Gasteiger charge is -1.99. The van der Waals surface area contributed by atoms with Crippen molar-refractivity contribution in [2.45, 2.75) is 61.3 Å². The number of nitrogens with one attached hydrogen (secondary N) is 1. The Bertz CT molecular complexity index is 95.9. The molecule has 3 heteroatoms. The van der Waals surface area contributed by atoms with Crippen LogP contribution >= 0.6 is 0 Å². The lowest BCUT2D eigenvalue weighted by Crippen LogP contribution is -2.22. The van der Waals surface area contributed by atoms with E-state index in [-0.39, 0.29) is 5.78 Å². The molecule has 0 radical (unpaired) electrons. The van der Waals surface area contributed by atoms with E-state index in [9.17, 15) is 4.79 Å². The first kappa shape index (κ1) is 24.7. The summed E-state index contributed by atoms with van der Waals surface area (Å²) in [5, 5.41) is 3.01. The lowest BCUT2D eigenvalue weighted by molar-refractivity contribution is -0.116. The molecule has 16 heavy (non-hydrogen) atoms. The van der Waals surface area contributed by atoms with Gasteiger partial charge in [-0.3, -0.25) is 4.79 Å². The molecule has 0 saturated carbocycles. The topological polar surface area (TPSA) is 55.1 Å². The molecule has 0 aromatic carbocycles. The zero-order valence-electron chi connectivity index (χ0n) is 12.5. The third kappa shape index (κ3) is 49.6. The van der Waals surface area contributed by atoms with E-state index in [1.54, 1.807) is 6.92 Å². The smallest absolute Gasteiger partial charge is 0.143 e. The Morgan fingerprint density at radius 1 is 1.00 bits per heavy atom. The van der Waals surface area contributed by atoms with Gasteiger partial charge in [0.1, 0.15) is 5.78 Å². The molecule has 0 aromatic heterocycles. The van der Waals surface area contributed by atoms with E-state index < -0.39 is 0 Å². The van der Waals surface area contributed by atoms with Crippen LogP contribution in [0.4, 0.5) is 0 Å². The minimum absolute atomic E-state index is 0.188. The van der Waals surface area contributed by atoms with Crippen LogP contribution in [0.25, 0.3) is 0 Å². The van der Waals surface area contributed by atoms with Gasteiger partial charge in [0, 0.05) is 0 Å². The predicted octanol–water partition coefficient (Wildman–Crippen LogP) is 2.98. The fourth-order valence-electron chi connectivity index (χ4n) is 0.659. The van der Waals surface area contributed by atoms with Gasteiger partial charge in [-0.1, -0.05) is 41.5 Å². The normalized spacial score (nSPS) is 7.25. The molecule has 102 valence electrons. The second kappa shape index (κ2) is 36.5. The molecule has 0 atom stereocenters. The number of rotatable bonds is 6. The van der Waals surface area contributed by atoms with Gasteiger partial charge >= 0.3 is 0 Å². The van der Waals surface area contributed by atoms with E-state index in [1.165, 1.54) is 0 Å². The summed E-state index contributed by atoms with van der Waals surface area (Å²) in [5.74, 6) is 0.188. The van der Waals surface area contributed by atoms with Gasteiger partial charge in [0.2, 0.25) is 0 Å². The van der Waals surface area contributed by atoms with E-state index in [1.807, 2.05) is 41.5 Å². The van der Waals surface area contributed by atoms with Crippen LogP contribution in [0.2, 0.25) is 0 Å². The number of hydrogen-bond donors (Lipinski definition) is 2. The van der Waals surface area contributed by atoms with E-state index in [0.717, 1.165) is 25.9 Å². The number of carbonyl (C=O) groups is 1. The summed E-state index contributed by atoms with van der Waals surface area (Å²) in [6, 6.07) is 0. The molecule has 0 aliphatic heterocycles. The second-order valence-electron chi connectivity index (χ2n) is 2.37. The summed E-state index contributed by atoms with van der Waals surface area (Å²) in [6.07, 6.45) is 2.09. The van der Waals surface area contributed by atoms with Crippen molar-refractivity contribution in [3.05, 3.63) is 0 Å². The van der Waals surface area contributed by atoms with Crippen LogP contribution in [0.1, 0.15) is 61.3 Å². The molecule has 3 nitrogen and oxygen atoms in total. The zero-order valence-corrected chi connectivity index (χ0v) is 12.5. The van der Waals surface area contributed by atoms with Crippen molar-refractivity contribution >= 4 is 5.78 Å². The number of hydrogen-bond acceptors (Lipinski definition) is 3. The van der Waals surface area contributed by atoms with Crippen LogP contribution in [0.15, 0.2) is 0 Å². The summed E-state index contributed by atoms with van der Waals surface area (Å²) >= 11 is 0. The van der Waals surface area contributed by atoms with E-state index >= 15 is 0 Å². The number of Topliss-reactive ketones (excluding diaryl/α,β-unsaturated/α-hetero) is 1. The van der Waals surface area contributed by atoms with Gasteiger partial charge in [0.05, 0.1) is 6.54 Å². The number of ketones is 1. The van der Waals surface area contributed by atoms with Gasteiger partial charge in [-0.05, 0) is 32.9 Å². The van der Waals surface area contributed by atoms with Crippen molar-refractivity contribution in [2.24, 2.45) is 5.73 Å². The fourth-order valence-corrected chi connectivity index (χ4v) is 0.659. The Morgan fingerprint density at radius 2 is 1.44 bits per heavy atom. The molecule has 0 heterocycles. The van der Waals surface area contributed by atoms with Gasteiger partial charge in [-0.15, -0.1) is 0 Å². The molecule has 0 aliphatic rings. The Hall–Kier alpha value is -0.410. The van der Waals surface area contributed by atoms with Crippen LogP contribution in [-0.2, 0) is 4.79 Å². The average Bonchev–Trinajstić information content (AvgIpc) is 2.36. The molecule has 0 bridgehead atoms. The van der Waals surface area contributed by atoms with Gasteiger partial charge in [-0.2, -0.15) is 0 Å². The standard InChI is InChI=1S/C7H16N2O.3C2H6/c1-7(10)6-9-5-3-2-4-8;3*1-2/h9H,2-6,8H2,1H3;3*1-2H3. The average molecular weight is 234 g/mol. The predicted molar refractivity (Wildman–Crippen MR) is 75.9 cm³/mol. The molecule has 0 rings (SSSR count). The van der Waals surface area contributed by atoms with Crippen LogP contribution in [0.3, 0.4) is 0 Å². The van der Waals surface area contributed by atoms with E-state index in [2.05, 4.69) is 5.32 Å². The molecule has 0 saturated heterocycles. The quantitative estimate of drug-likeness (QED) is 0.695. The van der Waals surface area contributed by atoms with E-state index in [0.29, 0.717) is 6.54 Å². The van der Waals surface area contributed by atoms with Crippen LogP contribution in [0, 0.1) is 0 Å². The molecule has 0 aliphatic carbocycles. The summed E-state index contributed by atoms with van der Waals surface area (Å²) in [5.41, 5.74) is 5.28. The summed E-state index contributed by atoms with van der Waals surface area (Å²) in [6.45, 7) is 15.7. The molecule has 0 spiro atoms. The highest BCUT2D eigenvalue weighted by molar-refractivity contribution is 5.77. The Balaban J connectivity index is -0.000000103. The van der Waals surface area contributed by atoms with Gasteiger partial charge in [-0.25, -0.2) is 0 Å². The summed E-state index contributed by atoms with van der Waals surface area (Å²) < 4.78 is 0. The Kier molecular flexibility index (Phi) is 56.4. The van der Waals surface area contributed by atoms with Crippen molar-refractivity contribution in [2.75, 3.05) is 19.6 Å². The number of carbonyl (C=O) groups excluding carboxylic acids is 1. The zero-order chi connectivity index (χ0) is 13.8. The van der Waals surface area contributed by atoms with Crippen molar-refractivity contribution in [1.82, 2.24) is 5.32 Å². The molecular weight excluding hydrogens is 200 g/mol. The first-order valence-corrected chi connectivity index (χ1v) is 6.67. The van der Waals surface area contributed by atoms with E-state index in [4.69, 9.17) is 5.73 Å². The SMILES string of the molecule is CC.CC.CC.CC(=O)CNCCCCN. The minimum atomic E-state index is 0.188. The number of nitrogens with two attached hydrogens (primary N) is 1. The first-order chi connectivity index (χ1) is 7.77. The monoisotopic (exact) mass is 234 g/mol. The summed E-state index contributed by atoms with van der Waals surface area (Å²) in [7, 11) is 0. The molecule has 0 fully saturated rings. The van der Waals surface area contributed by atoms with Crippen molar-refractivity contribution in [3.63, 3.8) is 0 Å². The highest BCUT2D eigenvalue weighted by atomic mass is 16.1. The lowest BCUT2D eigenvalue weighted by atomic mass is 10.3. The van der Waals surface area contributed by atoms with Gasteiger partial charge in [0.15, 0.2) is 0 Å². The van der Waals surface area contributed by atoms with Crippen molar-refractivity contribution < 1.29 is 4.79 Å². The Morgan fingerprint density at radius 3 is 1.75 bits per heavy atom. The van der Waals surface area contributed by atoms with Gasteiger partial charge in [0.25, 0.3) is 0 Å². The molecule has 0 aromatic rings. The second-order valence-corrected chi connectivity index (χ2v) is 2.37. The maximum atomic E-state index is 10.4. The third-order valence-electron chi connectivity index (χ3n) is 1.18. The highest BCUT2D eigenvalue weighted by Gasteiger charge is 1.90. The summed E-state index contributed by atoms with van der Waals surface area (Å²) in [4.78, 5) is 10.4. The number of unbranched alkanes of at least 4 members (excludes halogenated alkanes) is 1.